The van der Waals surface area contributed by atoms with Crippen molar-refractivity contribution < 1.29 is 64.6 Å². The zero-order valence-electron chi connectivity index (χ0n) is 48.1. The Morgan fingerprint density at radius 1 is 0.474 bits per heavy atom. The number of ether oxygens (including phenoxy) is 4. The summed E-state index contributed by atoms with van der Waals surface area (Å²) in [5.74, 6) is -0.248. The molecule has 12 unspecified atom stereocenters. The minimum Gasteiger partial charge on any atom is -0.394 e. The standard InChI is InChI=1S/C64H109NO13/c1-3-5-7-9-11-13-15-16-17-18-19-20-21-22-23-24-25-26-27-28-29-30-31-32-33-34-35-36-38-40-42-44-46-48-56(69)65-52(53(68)47-45-43-41-39-37-14-12-10-8-6-4-2)51-75-63-61(74)59(72)62(55(50-67)77-63)78-64-60(73)58(71)57(70)54(49-66)76-64/h5,7,11,13,16-17,19-20,22-23,25-26,28-29,45,47,52-55,57-64,66-68,70-74H,3-4,6,8-10,12,14-15,18,21,24,27,30-44,46,48-51H2,1-2H3,(H,65,69)/b7-5-,13-11-,17-16-,20-19-,23-22-,26-25-,29-28-,47-45+. The van der Waals surface area contributed by atoms with Crippen LogP contribution in [0.1, 0.15) is 206 Å². The molecule has 14 nitrogen and oxygen atoms in total. The van der Waals surface area contributed by atoms with Crippen LogP contribution < -0.4 is 5.32 Å². The van der Waals surface area contributed by atoms with E-state index in [9.17, 15) is 45.6 Å². The molecule has 0 aromatic carbocycles. The van der Waals surface area contributed by atoms with Gasteiger partial charge in [-0.25, -0.2) is 0 Å². The first-order chi connectivity index (χ1) is 38.1. The molecule has 0 aromatic rings. The summed E-state index contributed by atoms with van der Waals surface area (Å²) in [5, 5.41) is 86.9. The van der Waals surface area contributed by atoms with Crippen molar-refractivity contribution in [3.8, 4) is 0 Å². The Morgan fingerprint density at radius 3 is 1.36 bits per heavy atom. The number of carbonyl (C=O) groups excluding carboxylic acids is 1. The van der Waals surface area contributed by atoms with Gasteiger partial charge in [-0.3, -0.25) is 4.79 Å². The highest BCUT2D eigenvalue weighted by molar-refractivity contribution is 5.76. The van der Waals surface area contributed by atoms with E-state index in [4.69, 9.17) is 18.9 Å². The van der Waals surface area contributed by atoms with Gasteiger partial charge < -0.3 is 65.1 Å². The quantitative estimate of drug-likeness (QED) is 0.0204. The molecule has 2 aliphatic heterocycles. The SMILES string of the molecule is CC/C=C\C/C=C\C/C=C\C/C=C\C/C=C\C/C=C\C/C=C\CCCCCCCCCCCCCC(=O)NC(COC1OC(CO)C(OC2OC(CO)C(O)C(O)C2O)C(O)C1O)C(O)/C=C/CCCCCCCCCCC. The van der Waals surface area contributed by atoms with Crippen LogP contribution in [0.2, 0.25) is 0 Å². The van der Waals surface area contributed by atoms with Gasteiger partial charge in [0.25, 0.3) is 0 Å². The van der Waals surface area contributed by atoms with Crippen LogP contribution in [0.3, 0.4) is 0 Å². The zero-order valence-corrected chi connectivity index (χ0v) is 48.1. The first-order valence-corrected chi connectivity index (χ1v) is 30.5. The van der Waals surface area contributed by atoms with E-state index in [0.29, 0.717) is 6.42 Å². The van der Waals surface area contributed by atoms with E-state index < -0.39 is 86.8 Å². The number of hydrogen-bond acceptors (Lipinski definition) is 13. The van der Waals surface area contributed by atoms with E-state index in [0.717, 1.165) is 89.9 Å². The maximum absolute atomic E-state index is 13.2. The summed E-state index contributed by atoms with van der Waals surface area (Å²) >= 11 is 0. The largest absolute Gasteiger partial charge is 0.394 e. The van der Waals surface area contributed by atoms with Crippen molar-refractivity contribution in [3.05, 3.63) is 97.2 Å². The maximum Gasteiger partial charge on any atom is 0.220 e. The molecule has 2 rings (SSSR count). The minimum atomic E-state index is -1.79. The van der Waals surface area contributed by atoms with Crippen LogP contribution in [0.25, 0.3) is 0 Å². The number of amides is 1. The van der Waals surface area contributed by atoms with Gasteiger partial charge in [0.2, 0.25) is 5.91 Å². The van der Waals surface area contributed by atoms with Crippen molar-refractivity contribution in [2.45, 2.75) is 280 Å². The Labute approximate surface area is 471 Å². The van der Waals surface area contributed by atoms with Gasteiger partial charge >= 0.3 is 0 Å². The Hall–Kier alpha value is -3.09. The highest BCUT2D eigenvalue weighted by atomic mass is 16.7. The minimum absolute atomic E-state index is 0.248. The molecule has 78 heavy (non-hydrogen) atoms. The molecule has 0 bridgehead atoms. The molecular weight excluding hydrogens is 991 g/mol. The second kappa shape index (κ2) is 48.6. The van der Waals surface area contributed by atoms with Gasteiger partial charge in [-0.2, -0.15) is 0 Å². The van der Waals surface area contributed by atoms with Crippen molar-refractivity contribution in [3.63, 3.8) is 0 Å². The van der Waals surface area contributed by atoms with Gasteiger partial charge in [-0.05, 0) is 77.0 Å². The number of allylic oxidation sites excluding steroid dienone is 15. The molecule has 448 valence electrons. The molecule has 2 saturated heterocycles. The molecule has 2 aliphatic rings. The number of carbonyl (C=O) groups is 1. The van der Waals surface area contributed by atoms with Crippen LogP contribution in [-0.4, -0.2) is 140 Å². The third-order valence-electron chi connectivity index (χ3n) is 14.3. The smallest absolute Gasteiger partial charge is 0.220 e. The molecule has 12 atom stereocenters. The third kappa shape index (κ3) is 33.6. The van der Waals surface area contributed by atoms with Gasteiger partial charge in [-0.1, -0.05) is 220 Å². The van der Waals surface area contributed by atoms with Crippen molar-refractivity contribution in [1.82, 2.24) is 5.32 Å². The number of aliphatic hydroxyl groups excluding tert-OH is 8. The molecule has 0 aromatic heterocycles. The maximum atomic E-state index is 13.2. The van der Waals surface area contributed by atoms with Gasteiger partial charge in [0.05, 0.1) is 32.0 Å². The van der Waals surface area contributed by atoms with E-state index in [1.54, 1.807) is 6.08 Å². The van der Waals surface area contributed by atoms with Crippen molar-refractivity contribution in [1.29, 1.82) is 0 Å². The predicted octanol–water partition coefficient (Wildman–Crippen LogP) is 10.7. The number of unbranched alkanes of at least 4 members (excludes halogenated alkanes) is 20. The Balaban J connectivity index is 1.65. The topological polar surface area (TPSA) is 228 Å². The normalized spacial score (nSPS) is 25.3. The van der Waals surface area contributed by atoms with E-state index in [1.165, 1.54) is 89.9 Å². The summed E-state index contributed by atoms with van der Waals surface area (Å²) in [6, 6.07) is -0.920. The molecule has 2 fully saturated rings. The molecule has 9 N–H and O–H groups in total. The fourth-order valence-corrected chi connectivity index (χ4v) is 9.39. The summed E-state index contributed by atoms with van der Waals surface area (Å²) in [6.07, 6.45) is 50.3. The second-order valence-electron chi connectivity index (χ2n) is 21.1. The van der Waals surface area contributed by atoms with Crippen LogP contribution in [0.15, 0.2) is 97.2 Å². The van der Waals surface area contributed by atoms with Gasteiger partial charge in [0.15, 0.2) is 12.6 Å². The number of rotatable bonds is 47. The molecule has 2 heterocycles. The molecule has 0 aliphatic carbocycles. The van der Waals surface area contributed by atoms with E-state index in [-0.39, 0.29) is 18.9 Å². The average Bonchev–Trinajstić information content (AvgIpc) is 3.47. The van der Waals surface area contributed by atoms with Crippen LogP contribution in [0, 0.1) is 0 Å². The lowest BCUT2D eigenvalue weighted by Crippen LogP contribution is -2.65. The summed E-state index contributed by atoms with van der Waals surface area (Å²) in [5.41, 5.74) is 0. The molecule has 0 radical (unpaired) electrons. The Bertz CT molecular complexity index is 1680. The van der Waals surface area contributed by atoms with Crippen LogP contribution in [-0.2, 0) is 23.7 Å². The summed E-state index contributed by atoms with van der Waals surface area (Å²) in [4.78, 5) is 13.2. The van der Waals surface area contributed by atoms with Crippen LogP contribution in [0.5, 0.6) is 0 Å². The van der Waals surface area contributed by atoms with Crippen molar-refractivity contribution in [2.75, 3.05) is 19.8 Å². The van der Waals surface area contributed by atoms with Gasteiger partial charge in [0.1, 0.15) is 48.8 Å². The monoisotopic (exact) mass is 1100 g/mol. The second-order valence-corrected chi connectivity index (χ2v) is 21.1. The van der Waals surface area contributed by atoms with Crippen LogP contribution >= 0.6 is 0 Å². The van der Waals surface area contributed by atoms with Crippen molar-refractivity contribution in [2.24, 2.45) is 0 Å². The van der Waals surface area contributed by atoms with E-state index in [1.807, 2.05) is 6.08 Å². The number of aliphatic hydroxyl groups is 8. The fraction of sp³-hybridized carbons (Fsp3) is 0.734. The van der Waals surface area contributed by atoms with Crippen LogP contribution in [0.4, 0.5) is 0 Å². The summed E-state index contributed by atoms with van der Waals surface area (Å²) < 4.78 is 22.7. The van der Waals surface area contributed by atoms with E-state index in [2.05, 4.69) is 104 Å². The molecule has 1 amide bonds. The van der Waals surface area contributed by atoms with Crippen molar-refractivity contribution >= 4 is 5.91 Å². The third-order valence-corrected chi connectivity index (χ3v) is 14.3. The fourth-order valence-electron chi connectivity index (χ4n) is 9.39. The molecule has 14 heteroatoms. The molecule has 0 spiro atoms. The predicted molar refractivity (Wildman–Crippen MR) is 313 cm³/mol. The summed E-state index contributed by atoms with van der Waals surface area (Å²) in [7, 11) is 0. The Kier molecular flexibility index (Phi) is 44.3. The summed E-state index contributed by atoms with van der Waals surface area (Å²) in [6.45, 7) is 2.65. The Morgan fingerprint density at radius 2 is 0.885 bits per heavy atom. The van der Waals surface area contributed by atoms with Gasteiger partial charge in [-0.15, -0.1) is 0 Å². The highest BCUT2D eigenvalue weighted by Gasteiger charge is 2.51. The lowest BCUT2D eigenvalue weighted by molar-refractivity contribution is -0.359. The lowest BCUT2D eigenvalue weighted by atomic mass is 9.97. The number of hydrogen-bond donors (Lipinski definition) is 9. The molecular formula is C64H109NO13. The first-order valence-electron chi connectivity index (χ1n) is 30.5. The zero-order chi connectivity index (χ0) is 56.7. The molecule has 0 saturated carbocycles. The number of nitrogens with one attached hydrogen (secondary N) is 1. The van der Waals surface area contributed by atoms with E-state index >= 15 is 0 Å². The average molecular weight is 1100 g/mol. The highest BCUT2D eigenvalue weighted by Crippen LogP contribution is 2.30. The first kappa shape index (κ1) is 71.0. The van der Waals surface area contributed by atoms with Gasteiger partial charge in [0, 0.05) is 6.42 Å². The lowest BCUT2D eigenvalue weighted by Gasteiger charge is -2.46.